The number of nitrogens with zero attached hydrogens (tertiary/aromatic N) is 1. The maximum Gasteiger partial charge on any atom is 0.396 e. The highest BCUT2D eigenvalue weighted by atomic mass is 19.1. The molecule has 4 heteroatoms. The first-order valence-electron chi connectivity index (χ1n) is 1.76. The van der Waals surface area contributed by atoms with E-state index in [9.17, 15) is 4.32 Å². The zero-order chi connectivity index (χ0) is 5.11. The second-order valence-corrected chi connectivity index (χ2v) is 1.07. The highest BCUT2D eigenvalue weighted by molar-refractivity contribution is 6.45. The predicted octanol–water partition coefficient (Wildman–Crippen LogP) is -0.111. The quantitative estimate of drug-likeness (QED) is 0.458. The summed E-state index contributed by atoms with van der Waals surface area (Å²) in [6.45, 7) is 0. The molecule has 0 aliphatic rings. The summed E-state index contributed by atoms with van der Waals surface area (Å²) < 4.78 is 15.6. The number of hydrogen-bond donors (Lipinski definition) is 0. The highest BCUT2D eigenvalue weighted by Gasteiger charge is 1.93. The third kappa shape index (κ3) is 0.794. The second kappa shape index (κ2) is 1.77. The van der Waals surface area contributed by atoms with Gasteiger partial charge in [0.1, 0.15) is 6.26 Å². The van der Waals surface area contributed by atoms with Crippen LogP contribution in [0.25, 0.3) is 0 Å². The first-order chi connectivity index (χ1) is 3.43. The summed E-state index contributed by atoms with van der Waals surface area (Å²) in [5.74, 6) is 0. The standard InChI is InChI=1S/C3H2BFNO/c5-4-3-1-6-7-2-3/h1-2H. The minimum atomic E-state index is 0.361. The van der Waals surface area contributed by atoms with E-state index in [-0.39, 0.29) is 0 Å². The van der Waals surface area contributed by atoms with Crippen LogP contribution >= 0.6 is 0 Å². The molecule has 0 fully saturated rings. The Kier molecular flexibility index (Phi) is 1.11. The highest BCUT2D eigenvalue weighted by Crippen LogP contribution is 1.73. The molecule has 1 rings (SSSR count). The van der Waals surface area contributed by atoms with E-state index in [4.69, 9.17) is 0 Å². The van der Waals surface area contributed by atoms with E-state index >= 15 is 0 Å². The van der Waals surface area contributed by atoms with E-state index < -0.39 is 0 Å². The molecule has 1 heterocycles. The molecular formula is C3H2BFNO. The number of hydrogen-bond acceptors (Lipinski definition) is 2. The predicted molar refractivity (Wildman–Crippen MR) is 23.0 cm³/mol. The molecule has 1 aromatic heterocycles. The largest absolute Gasteiger partial charge is 0.396 e. The molecule has 0 aliphatic heterocycles. The Morgan fingerprint density at radius 2 is 2.71 bits per heavy atom. The molecule has 0 spiro atoms. The van der Waals surface area contributed by atoms with Gasteiger partial charge in [-0.15, -0.1) is 0 Å². The maximum atomic E-state index is 11.3. The van der Waals surface area contributed by atoms with Gasteiger partial charge in [0.2, 0.25) is 0 Å². The zero-order valence-electron chi connectivity index (χ0n) is 3.47. The average molecular weight is 97.9 g/mol. The lowest BCUT2D eigenvalue weighted by molar-refractivity contribution is 0.420. The van der Waals surface area contributed by atoms with Crippen molar-refractivity contribution < 1.29 is 8.84 Å². The van der Waals surface area contributed by atoms with Crippen molar-refractivity contribution in [2.75, 3.05) is 0 Å². The van der Waals surface area contributed by atoms with Gasteiger partial charge in [-0.05, 0) is 0 Å². The Hall–Kier alpha value is -0.795. The summed E-state index contributed by atoms with van der Waals surface area (Å²) in [6.07, 6.45) is 2.51. The number of halogens is 1. The van der Waals surface area contributed by atoms with Gasteiger partial charge in [0.15, 0.2) is 0 Å². The molecule has 0 aromatic carbocycles. The molecule has 0 saturated carbocycles. The second-order valence-electron chi connectivity index (χ2n) is 1.07. The lowest BCUT2D eigenvalue weighted by Gasteiger charge is -1.66. The first-order valence-corrected chi connectivity index (χ1v) is 1.76. The van der Waals surface area contributed by atoms with Crippen LogP contribution in [0, 0.1) is 0 Å². The Labute approximate surface area is 40.6 Å². The van der Waals surface area contributed by atoms with Crippen molar-refractivity contribution in [3.05, 3.63) is 12.5 Å². The lowest BCUT2D eigenvalue weighted by Crippen LogP contribution is -2.03. The molecule has 0 unspecified atom stereocenters. The topological polar surface area (TPSA) is 26.0 Å². The summed E-state index contributed by atoms with van der Waals surface area (Å²) in [4.78, 5) is 0. The molecule has 0 atom stereocenters. The Bertz CT molecular complexity index is 129. The molecule has 0 aliphatic carbocycles. The van der Waals surface area contributed by atoms with Gasteiger partial charge in [0, 0.05) is 5.46 Å². The first kappa shape index (κ1) is 4.37. The summed E-state index contributed by atoms with van der Waals surface area (Å²) >= 11 is 0. The molecule has 0 saturated heterocycles. The van der Waals surface area contributed by atoms with E-state index in [0.29, 0.717) is 13.0 Å². The third-order valence-electron chi connectivity index (χ3n) is 0.577. The van der Waals surface area contributed by atoms with E-state index in [1.165, 1.54) is 12.5 Å². The molecule has 7 heavy (non-hydrogen) atoms. The minimum Gasteiger partial charge on any atom is -0.365 e. The Morgan fingerprint density at radius 3 is 3.00 bits per heavy atom. The fourth-order valence-electron chi connectivity index (χ4n) is 0.267. The van der Waals surface area contributed by atoms with Gasteiger partial charge in [-0.3, -0.25) is 0 Å². The zero-order valence-corrected chi connectivity index (χ0v) is 3.47. The molecule has 2 nitrogen and oxygen atoms in total. The molecule has 0 amide bonds. The smallest absolute Gasteiger partial charge is 0.365 e. The van der Waals surface area contributed by atoms with E-state index in [0.717, 1.165) is 0 Å². The lowest BCUT2D eigenvalue weighted by atomic mass is 9.96. The van der Waals surface area contributed by atoms with E-state index in [1.54, 1.807) is 0 Å². The maximum absolute atomic E-state index is 11.3. The van der Waals surface area contributed by atoms with Gasteiger partial charge in [-0.25, -0.2) is 0 Å². The summed E-state index contributed by atoms with van der Waals surface area (Å²) in [5.41, 5.74) is 0.361. The van der Waals surface area contributed by atoms with Gasteiger partial charge >= 0.3 is 7.56 Å². The van der Waals surface area contributed by atoms with Crippen LogP contribution in [0.15, 0.2) is 17.0 Å². The van der Waals surface area contributed by atoms with Gasteiger partial charge in [-0.1, -0.05) is 5.16 Å². The fraction of sp³-hybridized carbons (Fsp3) is 0. The van der Waals surface area contributed by atoms with Crippen molar-refractivity contribution in [1.82, 2.24) is 5.16 Å². The van der Waals surface area contributed by atoms with Crippen LogP contribution in [0.4, 0.5) is 4.32 Å². The van der Waals surface area contributed by atoms with Gasteiger partial charge in [0.25, 0.3) is 0 Å². The third-order valence-corrected chi connectivity index (χ3v) is 0.577. The van der Waals surface area contributed by atoms with Crippen LogP contribution in [-0.2, 0) is 0 Å². The Morgan fingerprint density at radius 1 is 1.86 bits per heavy atom. The monoisotopic (exact) mass is 98.0 g/mol. The molecule has 1 aromatic rings. The summed E-state index contributed by atoms with van der Waals surface area (Å²) in [6, 6.07) is 0. The molecule has 0 N–H and O–H groups in total. The van der Waals surface area contributed by atoms with Crippen LogP contribution in [-0.4, -0.2) is 12.7 Å². The van der Waals surface area contributed by atoms with Crippen molar-refractivity contribution in [1.29, 1.82) is 0 Å². The number of rotatable bonds is 1. The van der Waals surface area contributed by atoms with Gasteiger partial charge < -0.3 is 8.84 Å². The molecular weight excluding hydrogens is 95.8 g/mol. The van der Waals surface area contributed by atoms with Crippen molar-refractivity contribution in [3.63, 3.8) is 0 Å². The molecule has 1 radical (unpaired) electrons. The van der Waals surface area contributed by atoms with E-state index in [2.05, 4.69) is 9.68 Å². The fourth-order valence-corrected chi connectivity index (χ4v) is 0.267. The van der Waals surface area contributed by atoms with Crippen molar-refractivity contribution >= 4 is 13.0 Å². The summed E-state index contributed by atoms with van der Waals surface area (Å²) in [7, 11) is 0.427. The van der Waals surface area contributed by atoms with Crippen LogP contribution in [0.3, 0.4) is 0 Å². The average Bonchev–Trinajstić information content (AvgIpc) is 2.14. The molecule has 35 valence electrons. The van der Waals surface area contributed by atoms with Crippen LogP contribution in [0.1, 0.15) is 0 Å². The normalized spacial score (nSPS) is 8.71. The van der Waals surface area contributed by atoms with Crippen LogP contribution in [0.2, 0.25) is 0 Å². The number of aromatic nitrogens is 1. The molecule has 0 bridgehead atoms. The Balaban J connectivity index is 2.76. The van der Waals surface area contributed by atoms with Crippen molar-refractivity contribution in [2.24, 2.45) is 0 Å². The van der Waals surface area contributed by atoms with Crippen molar-refractivity contribution in [2.45, 2.75) is 0 Å². The SMILES string of the molecule is F[B]c1cnoc1. The minimum absolute atomic E-state index is 0.361. The van der Waals surface area contributed by atoms with Gasteiger partial charge in [-0.2, -0.15) is 0 Å². The van der Waals surface area contributed by atoms with Crippen LogP contribution < -0.4 is 5.46 Å². The summed E-state index contributed by atoms with van der Waals surface area (Å²) in [5, 5.41) is 3.25. The van der Waals surface area contributed by atoms with Gasteiger partial charge in [0.05, 0.1) is 6.20 Å². The van der Waals surface area contributed by atoms with Crippen molar-refractivity contribution in [3.8, 4) is 0 Å². The van der Waals surface area contributed by atoms with E-state index in [1.807, 2.05) is 0 Å². The van der Waals surface area contributed by atoms with Crippen LogP contribution in [0.5, 0.6) is 0 Å².